The molecule has 0 bridgehead atoms. The fourth-order valence-electron chi connectivity index (χ4n) is 2.45. The molecule has 0 saturated carbocycles. The predicted octanol–water partition coefficient (Wildman–Crippen LogP) is 1.08. The molecule has 0 aromatic carbocycles. The molecule has 7 nitrogen and oxygen atoms in total. The molecule has 2 atom stereocenters. The van der Waals surface area contributed by atoms with Gasteiger partial charge in [-0.2, -0.15) is 4.31 Å². The van der Waals surface area contributed by atoms with Crippen molar-refractivity contribution in [2.24, 2.45) is 0 Å². The Morgan fingerprint density at radius 1 is 1.33 bits per heavy atom. The molecule has 2 aromatic rings. The standard InChI is InChI=1S/C11H14ClN3O4S2/c1-18-7-5-14(6-8(7)19-2)21(16,17)10-9(12)13-11-15(10)3-4-20-11/h3-4,7-8H,5-6H2,1-2H3. The minimum atomic E-state index is -3.76. The maximum absolute atomic E-state index is 12.8. The second-order valence-corrected chi connectivity index (χ2v) is 7.72. The van der Waals surface area contributed by atoms with E-state index in [9.17, 15) is 8.42 Å². The summed E-state index contributed by atoms with van der Waals surface area (Å²) in [6.45, 7) is 0.454. The predicted molar refractivity (Wildman–Crippen MR) is 78.4 cm³/mol. The van der Waals surface area contributed by atoms with Crippen molar-refractivity contribution in [1.82, 2.24) is 13.7 Å². The molecule has 3 heterocycles. The Morgan fingerprint density at radius 3 is 2.52 bits per heavy atom. The molecule has 0 aliphatic carbocycles. The fourth-order valence-corrected chi connectivity index (χ4v) is 5.32. The largest absolute Gasteiger partial charge is 0.377 e. The third-order valence-electron chi connectivity index (χ3n) is 3.55. The summed E-state index contributed by atoms with van der Waals surface area (Å²) in [6.07, 6.45) is 1.05. The Balaban J connectivity index is 2.01. The van der Waals surface area contributed by atoms with Crippen LogP contribution in [0, 0.1) is 0 Å². The van der Waals surface area contributed by atoms with Gasteiger partial charge in [0.2, 0.25) is 0 Å². The molecule has 1 saturated heterocycles. The molecular weight excluding hydrogens is 338 g/mol. The first-order valence-electron chi connectivity index (χ1n) is 6.15. The van der Waals surface area contributed by atoms with Gasteiger partial charge in [0.05, 0.1) is 12.2 Å². The number of rotatable bonds is 4. The van der Waals surface area contributed by atoms with Crippen LogP contribution in [0.4, 0.5) is 0 Å². The summed E-state index contributed by atoms with van der Waals surface area (Å²) in [7, 11) is -0.685. The number of imidazole rings is 1. The van der Waals surface area contributed by atoms with Gasteiger partial charge in [0, 0.05) is 38.9 Å². The number of hydrogen-bond donors (Lipinski definition) is 0. The molecule has 2 unspecified atom stereocenters. The number of ether oxygens (including phenoxy) is 2. The van der Waals surface area contributed by atoms with Crippen molar-refractivity contribution >= 4 is 37.9 Å². The fraction of sp³-hybridized carbons (Fsp3) is 0.545. The van der Waals surface area contributed by atoms with Gasteiger partial charge < -0.3 is 9.47 Å². The van der Waals surface area contributed by atoms with Gasteiger partial charge in [-0.1, -0.05) is 11.6 Å². The zero-order chi connectivity index (χ0) is 15.2. The summed E-state index contributed by atoms with van der Waals surface area (Å²) in [4.78, 5) is 4.61. The number of hydrogen-bond acceptors (Lipinski definition) is 6. The van der Waals surface area contributed by atoms with Gasteiger partial charge in [0.15, 0.2) is 15.1 Å². The molecule has 1 aliphatic heterocycles. The van der Waals surface area contributed by atoms with Crippen LogP contribution in [0.25, 0.3) is 4.96 Å². The molecular formula is C11H14ClN3O4S2. The van der Waals surface area contributed by atoms with Crippen molar-refractivity contribution in [3.8, 4) is 0 Å². The molecule has 1 fully saturated rings. The van der Waals surface area contributed by atoms with Crippen LogP contribution in [0.5, 0.6) is 0 Å². The summed E-state index contributed by atoms with van der Waals surface area (Å²) in [5.41, 5.74) is 0. The van der Waals surface area contributed by atoms with Crippen molar-refractivity contribution in [2.45, 2.75) is 17.2 Å². The van der Waals surface area contributed by atoms with Gasteiger partial charge in [-0.25, -0.2) is 13.4 Å². The second kappa shape index (κ2) is 5.49. The van der Waals surface area contributed by atoms with E-state index in [0.29, 0.717) is 4.96 Å². The van der Waals surface area contributed by atoms with Crippen LogP contribution in [-0.4, -0.2) is 61.6 Å². The van der Waals surface area contributed by atoms with Crippen molar-refractivity contribution in [2.75, 3.05) is 27.3 Å². The Hall–Kier alpha value is -0.710. The van der Waals surface area contributed by atoms with Gasteiger partial charge in [-0.05, 0) is 0 Å². The van der Waals surface area contributed by atoms with E-state index in [0.717, 1.165) is 0 Å². The van der Waals surface area contributed by atoms with E-state index < -0.39 is 10.0 Å². The zero-order valence-corrected chi connectivity index (χ0v) is 13.8. The lowest BCUT2D eigenvalue weighted by atomic mass is 10.3. The highest BCUT2D eigenvalue weighted by Crippen LogP contribution is 2.30. The topological polar surface area (TPSA) is 73.1 Å². The summed E-state index contributed by atoms with van der Waals surface area (Å²) < 4.78 is 39.0. The minimum absolute atomic E-state index is 0.00739. The zero-order valence-electron chi connectivity index (χ0n) is 11.4. The monoisotopic (exact) mass is 351 g/mol. The van der Waals surface area contributed by atoms with Gasteiger partial charge in [0.25, 0.3) is 10.0 Å². The Morgan fingerprint density at radius 2 is 1.95 bits per heavy atom. The maximum atomic E-state index is 12.8. The number of fused-ring (bicyclic) bond motifs is 1. The molecule has 0 amide bonds. The average molecular weight is 352 g/mol. The number of aromatic nitrogens is 2. The lowest BCUT2D eigenvalue weighted by Crippen LogP contribution is -2.31. The maximum Gasteiger partial charge on any atom is 0.262 e. The van der Waals surface area contributed by atoms with Crippen molar-refractivity contribution in [3.05, 3.63) is 16.7 Å². The van der Waals surface area contributed by atoms with Crippen LogP contribution in [0.15, 0.2) is 16.6 Å². The molecule has 10 heteroatoms. The summed E-state index contributed by atoms with van der Waals surface area (Å²) in [5.74, 6) is 0. The van der Waals surface area contributed by atoms with Crippen LogP contribution in [0.2, 0.25) is 5.15 Å². The first kappa shape index (κ1) is 15.2. The molecule has 3 rings (SSSR count). The number of thiazole rings is 1. The number of sulfonamides is 1. The summed E-state index contributed by atoms with van der Waals surface area (Å²) in [5, 5.41) is 1.74. The molecule has 0 radical (unpaired) electrons. The molecule has 0 spiro atoms. The summed E-state index contributed by atoms with van der Waals surface area (Å²) in [6, 6.07) is 0. The highest BCUT2D eigenvalue weighted by molar-refractivity contribution is 7.89. The van der Waals surface area contributed by atoms with Gasteiger partial charge in [-0.15, -0.1) is 11.3 Å². The molecule has 0 N–H and O–H groups in total. The van der Waals surface area contributed by atoms with Crippen molar-refractivity contribution in [1.29, 1.82) is 0 Å². The van der Waals surface area contributed by atoms with Crippen molar-refractivity contribution < 1.29 is 17.9 Å². The number of halogens is 1. The smallest absolute Gasteiger partial charge is 0.262 e. The highest BCUT2D eigenvalue weighted by Gasteiger charge is 2.42. The van der Waals surface area contributed by atoms with Gasteiger partial charge in [0.1, 0.15) is 0 Å². The van der Waals surface area contributed by atoms with E-state index in [-0.39, 0.29) is 35.5 Å². The van der Waals surface area contributed by atoms with E-state index in [4.69, 9.17) is 21.1 Å². The van der Waals surface area contributed by atoms with E-state index in [2.05, 4.69) is 4.98 Å². The molecule has 116 valence electrons. The van der Waals surface area contributed by atoms with Gasteiger partial charge >= 0.3 is 0 Å². The highest BCUT2D eigenvalue weighted by atomic mass is 35.5. The minimum Gasteiger partial charge on any atom is -0.377 e. The van der Waals surface area contributed by atoms with E-state index in [1.807, 2.05) is 0 Å². The Kier molecular flexibility index (Phi) is 3.97. The third-order valence-corrected chi connectivity index (χ3v) is 6.54. The van der Waals surface area contributed by atoms with Crippen LogP contribution in [0.1, 0.15) is 0 Å². The van der Waals surface area contributed by atoms with E-state index >= 15 is 0 Å². The Labute approximate surface area is 131 Å². The van der Waals surface area contributed by atoms with Crippen molar-refractivity contribution in [3.63, 3.8) is 0 Å². The molecule has 21 heavy (non-hydrogen) atoms. The number of methoxy groups -OCH3 is 2. The first-order valence-corrected chi connectivity index (χ1v) is 8.85. The lowest BCUT2D eigenvalue weighted by molar-refractivity contribution is -0.00461. The SMILES string of the molecule is COC1CN(S(=O)(=O)c2c(Cl)nc3sccn23)CC1OC. The van der Waals surface area contributed by atoms with Crippen LogP contribution < -0.4 is 0 Å². The molecule has 2 aromatic heterocycles. The third kappa shape index (κ3) is 2.37. The van der Waals surface area contributed by atoms with E-state index in [1.54, 1.807) is 11.6 Å². The Bertz CT molecular complexity index is 745. The number of nitrogens with zero attached hydrogens (tertiary/aromatic N) is 3. The van der Waals surface area contributed by atoms with Gasteiger partial charge in [-0.3, -0.25) is 4.40 Å². The van der Waals surface area contributed by atoms with E-state index in [1.165, 1.54) is 34.3 Å². The van der Waals surface area contributed by atoms with Crippen LogP contribution in [-0.2, 0) is 19.5 Å². The lowest BCUT2D eigenvalue weighted by Gasteiger charge is -2.15. The van der Waals surface area contributed by atoms with Crippen LogP contribution >= 0.6 is 22.9 Å². The average Bonchev–Trinajstić information content (AvgIpc) is 3.10. The normalized spacial score (nSPS) is 24.1. The first-order chi connectivity index (χ1) is 9.98. The molecule has 1 aliphatic rings. The second-order valence-electron chi connectivity index (χ2n) is 4.63. The van der Waals surface area contributed by atoms with Crippen LogP contribution in [0.3, 0.4) is 0 Å². The quantitative estimate of drug-likeness (QED) is 0.824. The summed E-state index contributed by atoms with van der Waals surface area (Å²) >= 11 is 7.34.